The maximum absolute atomic E-state index is 12.7. The lowest BCUT2D eigenvalue weighted by atomic mass is 10.2. The number of alkyl halides is 3. The third kappa shape index (κ3) is 4.39. The van der Waals surface area contributed by atoms with Gasteiger partial charge in [-0.2, -0.15) is 13.2 Å². The molecule has 0 bridgehead atoms. The molecular weight excluding hydrogens is 351 g/mol. The van der Waals surface area contributed by atoms with E-state index in [2.05, 4.69) is 10.3 Å². The van der Waals surface area contributed by atoms with Crippen LogP contribution in [0.25, 0.3) is 0 Å². The molecule has 1 aromatic heterocycles. The maximum atomic E-state index is 12.7. The van der Waals surface area contributed by atoms with Crippen molar-refractivity contribution in [2.24, 2.45) is 4.99 Å². The molecule has 2 aromatic rings. The molecule has 0 aliphatic carbocycles. The number of guanidine groups is 1. The number of amides is 1. The zero-order valence-electron chi connectivity index (χ0n) is 13.2. The topological polar surface area (TPSA) is 44.7 Å². The van der Waals surface area contributed by atoms with Gasteiger partial charge >= 0.3 is 6.18 Å². The summed E-state index contributed by atoms with van der Waals surface area (Å²) in [7, 11) is 0. The van der Waals surface area contributed by atoms with Crippen molar-refractivity contribution in [1.29, 1.82) is 0 Å². The molecule has 1 amide bonds. The van der Waals surface area contributed by atoms with Crippen LogP contribution in [-0.2, 0) is 6.18 Å². The number of thiophene rings is 1. The minimum Gasteiger partial charge on any atom is -0.342 e. The van der Waals surface area contributed by atoms with Crippen LogP contribution in [0.5, 0.6) is 0 Å². The molecule has 1 aliphatic rings. The third-order valence-electron chi connectivity index (χ3n) is 3.81. The molecule has 0 atom stereocenters. The van der Waals surface area contributed by atoms with Crippen molar-refractivity contribution >= 4 is 28.9 Å². The molecule has 2 heterocycles. The summed E-state index contributed by atoms with van der Waals surface area (Å²) in [5.41, 5.74) is -0.363. The molecular formula is C17H16F3N3OS. The summed E-state index contributed by atoms with van der Waals surface area (Å²) in [5.74, 6) is 0.100. The van der Waals surface area contributed by atoms with Crippen LogP contribution in [0.15, 0.2) is 46.8 Å². The average Bonchev–Trinajstić information content (AvgIpc) is 3.27. The van der Waals surface area contributed by atoms with E-state index < -0.39 is 11.7 Å². The lowest BCUT2D eigenvalue weighted by molar-refractivity contribution is -0.137. The maximum Gasteiger partial charge on any atom is 0.416 e. The van der Waals surface area contributed by atoms with Gasteiger partial charge in [0.2, 0.25) is 5.96 Å². The Morgan fingerprint density at radius 1 is 1.12 bits per heavy atom. The minimum atomic E-state index is -4.38. The second-order valence-corrected chi connectivity index (χ2v) is 6.55. The second-order valence-electron chi connectivity index (χ2n) is 5.61. The van der Waals surface area contributed by atoms with E-state index in [9.17, 15) is 18.0 Å². The zero-order valence-corrected chi connectivity index (χ0v) is 14.0. The fraction of sp³-hybridized carbons (Fsp3) is 0.294. The first-order chi connectivity index (χ1) is 11.9. The zero-order chi connectivity index (χ0) is 17.9. The first kappa shape index (κ1) is 17.5. The summed E-state index contributed by atoms with van der Waals surface area (Å²) in [6, 6.07) is 8.07. The van der Waals surface area contributed by atoms with Crippen LogP contribution in [0.3, 0.4) is 0 Å². The highest BCUT2D eigenvalue weighted by atomic mass is 32.1. The van der Waals surface area contributed by atoms with Gasteiger partial charge in [0.15, 0.2) is 0 Å². The van der Waals surface area contributed by atoms with Crippen molar-refractivity contribution in [3.63, 3.8) is 0 Å². The van der Waals surface area contributed by atoms with Crippen molar-refractivity contribution in [1.82, 2.24) is 10.2 Å². The Bertz CT molecular complexity index is 748. The molecule has 0 spiro atoms. The lowest BCUT2D eigenvalue weighted by Gasteiger charge is -2.20. The number of likely N-dealkylation sites (tertiary alicyclic amines) is 1. The molecule has 1 aliphatic heterocycles. The van der Waals surface area contributed by atoms with Gasteiger partial charge in [-0.25, -0.2) is 4.99 Å². The van der Waals surface area contributed by atoms with E-state index >= 15 is 0 Å². The van der Waals surface area contributed by atoms with Crippen molar-refractivity contribution in [2.75, 3.05) is 13.1 Å². The van der Waals surface area contributed by atoms with Crippen LogP contribution in [0.1, 0.15) is 28.1 Å². The highest BCUT2D eigenvalue weighted by molar-refractivity contribution is 7.12. The number of nitrogens with zero attached hydrogens (tertiary/aromatic N) is 2. The third-order valence-corrected chi connectivity index (χ3v) is 4.67. The average molecular weight is 367 g/mol. The number of rotatable bonds is 2. The molecule has 1 N–H and O–H groups in total. The summed E-state index contributed by atoms with van der Waals surface area (Å²) in [6.07, 6.45) is -2.41. The normalized spacial score (nSPS) is 15.5. The molecule has 1 aromatic carbocycles. The molecule has 25 heavy (non-hydrogen) atoms. The Morgan fingerprint density at radius 2 is 1.80 bits per heavy atom. The molecule has 0 unspecified atom stereocenters. The van der Waals surface area contributed by atoms with E-state index in [0.717, 1.165) is 38.1 Å². The van der Waals surface area contributed by atoms with E-state index in [1.54, 1.807) is 17.5 Å². The van der Waals surface area contributed by atoms with Crippen LogP contribution in [0, 0.1) is 0 Å². The molecule has 4 nitrogen and oxygen atoms in total. The van der Waals surface area contributed by atoms with Gasteiger partial charge in [-0.05, 0) is 48.6 Å². The van der Waals surface area contributed by atoms with Crippen LogP contribution in [0.4, 0.5) is 18.9 Å². The number of hydrogen-bond donors (Lipinski definition) is 1. The predicted octanol–water partition coefficient (Wildman–Crippen LogP) is 4.28. The van der Waals surface area contributed by atoms with Crippen molar-refractivity contribution in [3.8, 4) is 0 Å². The van der Waals surface area contributed by atoms with Gasteiger partial charge < -0.3 is 4.90 Å². The largest absolute Gasteiger partial charge is 0.416 e. The Labute approximate surface area is 147 Å². The quantitative estimate of drug-likeness (QED) is 0.636. The summed E-state index contributed by atoms with van der Waals surface area (Å²) >= 11 is 1.32. The predicted molar refractivity (Wildman–Crippen MR) is 91.1 cm³/mol. The SMILES string of the molecule is O=C(NC(=Nc1ccc(C(F)(F)F)cc1)N1CCCC1)c1cccs1. The Hall–Kier alpha value is -2.35. The smallest absolute Gasteiger partial charge is 0.342 e. The van der Waals surface area contributed by atoms with E-state index in [1.165, 1.54) is 23.5 Å². The first-order valence-electron chi connectivity index (χ1n) is 7.79. The fourth-order valence-electron chi connectivity index (χ4n) is 2.52. The van der Waals surface area contributed by atoms with Crippen molar-refractivity contribution < 1.29 is 18.0 Å². The monoisotopic (exact) mass is 367 g/mol. The summed E-state index contributed by atoms with van der Waals surface area (Å²) in [4.78, 5) is 19.1. The number of benzene rings is 1. The van der Waals surface area contributed by atoms with Gasteiger partial charge in [-0.15, -0.1) is 11.3 Å². The minimum absolute atomic E-state index is 0.271. The number of nitrogens with one attached hydrogen (secondary N) is 1. The lowest BCUT2D eigenvalue weighted by Crippen LogP contribution is -2.42. The highest BCUT2D eigenvalue weighted by Gasteiger charge is 2.30. The number of hydrogen-bond acceptors (Lipinski definition) is 3. The Morgan fingerprint density at radius 3 is 2.36 bits per heavy atom. The highest BCUT2D eigenvalue weighted by Crippen LogP contribution is 2.30. The van der Waals surface area contributed by atoms with Gasteiger partial charge in [-0.1, -0.05) is 6.07 Å². The van der Waals surface area contributed by atoms with Gasteiger partial charge in [-0.3, -0.25) is 10.1 Å². The van der Waals surface area contributed by atoms with Crippen molar-refractivity contribution in [2.45, 2.75) is 19.0 Å². The summed E-state index contributed by atoms with van der Waals surface area (Å²) in [5, 5.41) is 4.58. The van der Waals surface area contributed by atoms with Gasteiger partial charge in [0.1, 0.15) is 0 Å². The molecule has 3 rings (SSSR count). The van der Waals surface area contributed by atoms with Crippen LogP contribution in [-0.4, -0.2) is 29.9 Å². The van der Waals surface area contributed by atoms with E-state index in [0.29, 0.717) is 16.5 Å². The summed E-state index contributed by atoms with van der Waals surface area (Å²) in [6.45, 7) is 1.51. The van der Waals surface area contributed by atoms with Crippen LogP contribution in [0.2, 0.25) is 0 Å². The number of carbonyl (C=O) groups is 1. The number of carbonyl (C=O) groups excluding carboxylic acids is 1. The van der Waals surface area contributed by atoms with E-state index in [4.69, 9.17) is 0 Å². The van der Waals surface area contributed by atoms with Gasteiger partial charge in [0, 0.05) is 13.1 Å². The van der Waals surface area contributed by atoms with Gasteiger partial charge in [0.05, 0.1) is 16.1 Å². The van der Waals surface area contributed by atoms with Crippen LogP contribution >= 0.6 is 11.3 Å². The van der Waals surface area contributed by atoms with Crippen molar-refractivity contribution in [3.05, 3.63) is 52.2 Å². The Kier molecular flexibility index (Phi) is 5.08. The molecule has 1 saturated heterocycles. The number of aliphatic imine (C=N–C) groups is 1. The van der Waals surface area contributed by atoms with E-state index in [1.807, 2.05) is 4.90 Å². The molecule has 132 valence electrons. The molecule has 0 radical (unpaired) electrons. The standard InChI is InChI=1S/C17H16F3N3OS/c18-17(19,20)12-5-7-13(8-6-12)21-16(23-9-1-2-10-23)22-15(24)14-4-3-11-25-14/h3-8,11H,1-2,9-10H2,(H,21,22,24). The summed E-state index contributed by atoms with van der Waals surface area (Å²) < 4.78 is 38.0. The van der Waals surface area contributed by atoms with Gasteiger partial charge in [0.25, 0.3) is 5.91 Å². The fourth-order valence-corrected chi connectivity index (χ4v) is 3.14. The second kappa shape index (κ2) is 7.26. The first-order valence-corrected chi connectivity index (χ1v) is 8.67. The van der Waals surface area contributed by atoms with E-state index in [-0.39, 0.29) is 5.91 Å². The van der Waals surface area contributed by atoms with Crippen LogP contribution < -0.4 is 5.32 Å². The number of halogens is 3. The molecule has 0 saturated carbocycles. The molecule has 1 fully saturated rings. The molecule has 8 heteroatoms. The Balaban J connectivity index is 1.83.